The third-order valence-electron chi connectivity index (χ3n) is 4.48. The van der Waals surface area contributed by atoms with E-state index >= 15 is 0 Å². The fraction of sp³-hybridized carbons (Fsp3) is 0.667. The van der Waals surface area contributed by atoms with Gasteiger partial charge in [0.25, 0.3) is 5.91 Å². The molecular formula is C15H23N5O. The largest absolute Gasteiger partial charge is 0.363 e. The number of carbonyl (C=O) groups excluding carboxylic acids is 1. The van der Waals surface area contributed by atoms with Gasteiger partial charge in [0, 0.05) is 13.1 Å². The molecule has 0 bridgehead atoms. The summed E-state index contributed by atoms with van der Waals surface area (Å²) in [6.07, 6.45) is 12.2. The molecule has 2 atom stereocenters. The van der Waals surface area contributed by atoms with Crippen molar-refractivity contribution in [3.8, 4) is 0 Å². The molecule has 21 heavy (non-hydrogen) atoms. The van der Waals surface area contributed by atoms with Gasteiger partial charge in [-0.1, -0.05) is 12.2 Å². The van der Waals surface area contributed by atoms with Gasteiger partial charge in [0.05, 0.1) is 6.04 Å². The highest BCUT2D eigenvalue weighted by atomic mass is 16.1. The number of allylic oxidation sites excluding steroid dienone is 2. The number of rotatable bonds is 4. The summed E-state index contributed by atoms with van der Waals surface area (Å²) in [5.41, 5.74) is 5.21. The van der Waals surface area contributed by atoms with Gasteiger partial charge in [-0.25, -0.2) is 9.67 Å². The lowest BCUT2D eigenvalue weighted by Gasteiger charge is -2.35. The van der Waals surface area contributed by atoms with Gasteiger partial charge in [0.2, 0.25) is 5.82 Å². The van der Waals surface area contributed by atoms with Gasteiger partial charge in [0.1, 0.15) is 6.33 Å². The standard InChI is InChI=1S/C15H23N5O/c16-14(21)15-17-11-20(18-15)13-7-4-8-19(10-13)9-12-5-2-1-3-6-12/h1-2,11-13H,3-10H2,(H2,16,21)/t12-,13-/m1/s1. The molecule has 0 unspecified atom stereocenters. The van der Waals surface area contributed by atoms with E-state index in [0.29, 0.717) is 6.04 Å². The molecule has 2 heterocycles. The predicted molar refractivity (Wildman–Crippen MR) is 79.7 cm³/mol. The van der Waals surface area contributed by atoms with Crippen LogP contribution in [0.4, 0.5) is 0 Å². The molecule has 0 spiro atoms. The van der Waals surface area contributed by atoms with Crippen molar-refractivity contribution >= 4 is 5.91 Å². The third kappa shape index (κ3) is 3.50. The number of hydrogen-bond acceptors (Lipinski definition) is 4. The first-order valence-electron chi connectivity index (χ1n) is 7.80. The number of carbonyl (C=O) groups is 1. The summed E-state index contributed by atoms with van der Waals surface area (Å²) >= 11 is 0. The molecule has 0 radical (unpaired) electrons. The Morgan fingerprint density at radius 3 is 3.00 bits per heavy atom. The highest BCUT2D eigenvalue weighted by molar-refractivity contribution is 5.88. The Balaban J connectivity index is 1.59. The lowest BCUT2D eigenvalue weighted by Crippen LogP contribution is -2.39. The Bertz CT molecular complexity index is 524. The molecule has 3 rings (SSSR count). The number of hydrogen-bond donors (Lipinski definition) is 1. The Morgan fingerprint density at radius 2 is 2.29 bits per heavy atom. The maximum absolute atomic E-state index is 11.1. The molecule has 1 saturated heterocycles. The minimum Gasteiger partial charge on any atom is -0.363 e. The molecule has 1 aliphatic carbocycles. The van der Waals surface area contributed by atoms with Crippen LogP contribution in [0.2, 0.25) is 0 Å². The van der Waals surface area contributed by atoms with Gasteiger partial charge in [-0.3, -0.25) is 4.79 Å². The Morgan fingerprint density at radius 1 is 1.38 bits per heavy atom. The highest BCUT2D eigenvalue weighted by Gasteiger charge is 2.24. The van der Waals surface area contributed by atoms with E-state index in [-0.39, 0.29) is 5.82 Å². The molecule has 1 fully saturated rings. The average molecular weight is 289 g/mol. The summed E-state index contributed by atoms with van der Waals surface area (Å²) in [6.45, 7) is 3.31. The van der Waals surface area contributed by atoms with Gasteiger partial charge in [-0.05, 0) is 44.6 Å². The molecule has 1 aromatic heterocycles. The van der Waals surface area contributed by atoms with E-state index in [1.807, 2.05) is 4.68 Å². The zero-order valence-electron chi connectivity index (χ0n) is 12.3. The van der Waals surface area contributed by atoms with Crippen LogP contribution in [0.3, 0.4) is 0 Å². The first-order chi connectivity index (χ1) is 10.2. The van der Waals surface area contributed by atoms with Crippen LogP contribution < -0.4 is 5.73 Å². The van der Waals surface area contributed by atoms with Gasteiger partial charge < -0.3 is 10.6 Å². The summed E-state index contributed by atoms with van der Waals surface area (Å²) < 4.78 is 1.81. The van der Waals surface area contributed by atoms with Crippen molar-refractivity contribution in [3.63, 3.8) is 0 Å². The first-order valence-corrected chi connectivity index (χ1v) is 7.80. The number of piperidine rings is 1. The monoisotopic (exact) mass is 289 g/mol. The zero-order valence-corrected chi connectivity index (χ0v) is 12.3. The normalized spacial score (nSPS) is 26.9. The van der Waals surface area contributed by atoms with E-state index < -0.39 is 5.91 Å². The van der Waals surface area contributed by atoms with Crippen LogP contribution in [0, 0.1) is 5.92 Å². The number of nitrogens with two attached hydrogens (primary N) is 1. The van der Waals surface area contributed by atoms with Crippen molar-refractivity contribution < 1.29 is 4.79 Å². The summed E-state index contributed by atoms with van der Waals surface area (Å²) in [6, 6.07) is 0.304. The van der Waals surface area contributed by atoms with E-state index in [2.05, 4.69) is 27.1 Å². The number of amides is 1. The molecule has 2 N–H and O–H groups in total. The lowest BCUT2D eigenvalue weighted by molar-refractivity contribution is 0.0988. The Hall–Kier alpha value is -1.69. The SMILES string of the molecule is NC(=O)c1ncn([C@@H]2CCCN(C[C@@H]3CC=CCC3)C2)n1. The minimum atomic E-state index is -0.560. The van der Waals surface area contributed by atoms with E-state index in [1.165, 1.54) is 25.7 Å². The molecule has 6 heteroatoms. The van der Waals surface area contributed by atoms with Crippen molar-refractivity contribution in [2.24, 2.45) is 11.7 Å². The van der Waals surface area contributed by atoms with Crippen molar-refractivity contribution in [2.75, 3.05) is 19.6 Å². The fourth-order valence-corrected chi connectivity index (χ4v) is 3.36. The summed E-state index contributed by atoms with van der Waals surface area (Å²) in [7, 11) is 0. The third-order valence-corrected chi connectivity index (χ3v) is 4.48. The second kappa shape index (κ2) is 6.39. The lowest BCUT2D eigenvalue weighted by atomic mass is 9.93. The van der Waals surface area contributed by atoms with E-state index in [9.17, 15) is 4.79 Å². The van der Waals surface area contributed by atoms with Crippen molar-refractivity contribution in [1.82, 2.24) is 19.7 Å². The van der Waals surface area contributed by atoms with Crippen molar-refractivity contribution in [1.29, 1.82) is 0 Å². The summed E-state index contributed by atoms with van der Waals surface area (Å²) in [5.74, 6) is 0.339. The molecular weight excluding hydrogens is 266 g/mol. The molecule has 0 aromatic carbocycles. The Kier molecular flexibility index (Phi) is 4.34. The summed E-state index contributed by atoms with van der Waals surface area (Å²) in [5, 5.41) is 4.21. The summed E-state index contributed by atoms with van der Waals surface area (Å²) in [4.78, 5) is 17.6. The van der Waals surface area contributed by atoms with Crippen LogP contribution in [0.1, 0.15) is 48.8 Å². The van der Waals surface area contributed by atoms with E-state index in [0.717, 1.165) is 32.0 Å². The van der Waals surface area contributed by atoms with E-state index in [4.69, 9.17) is 5.73 Å². The second-order valence-corrected chi connectivity index (χ2v) is 6.12. The van der Waals surface area contributed by atoms with Crippen molar-refractivity contribution in [2.45, 2.75) is 38.1 Å². The predicted octanol–water partition coefficient (Wildman–Crippen LogP) is 1.37. The first kappa shape index (κ1) is 14.3. The molecule has 114 valence electrons. The molecule has 1 aromatic rings. The van der Waals surface area contributed by atoms with Gasteiger partial charge in [-0.2, -0.15) is 0 Å². The molecule has 2 aliphatic rings. The quantitative estimate of drug-likeness (QED) is 0.849. The van der Waals surface area contributed by atoms with Gasteiger partial charge in [0.15, 0.2) is 0 Å². The number of primary amides is 1. The smallest absolute Gasteiger partial charge is 0.288 e. The highest BCUT2D eigenvalue weighted by Crippen LogP contribution is 2.24. The number of aromatic nitrogens is 3. The minimum absolute atomic E-state index is 0.115. The molecule has 1 amide bonds. The molecule has 1 aliphatic heterocycles. The van der Waals surface area contributed by atoms with Gasteiger partial charge >= 0.3 is 0 Å². The van der Waals surface area contributed by atoms with Gasteiger partial charge in [-0.15, -0.1) is 5.10 Å². The Labute approximate surface area is 125 Å². The molecule has 6 nitrogen and oxygen atoms in total. The maximum Gasteiger partial charge on any atom is 0.288 e. The van der Waals surface area contributed by atoms with Crippen LogP contribution >= 0.6 is 0 Å². The topological polar surface area (TPSA) is 77.0 Å². The average Bonchev–Trinajstić information content (AvgIpc) is 2.99. The molecule has 0 saturated carbocycles. The maximum atomic E-state index is 11.1. The van der Waals surface area contributed by atoms with Crippen LogP contribution in [0.25, 0.3) is 0 Å². The van der Waals surface area contributed by atoms with E-state index in [1.54, 1.807) is 6.33 Å². The van der Waals surface area contributed by atoms with Crippen LogP contribution in [-0.2, 0) is 0 Å². The van der Waals surface area contributed by atoms with Crippen LogP contribution in [0.5, 0.6) is 0 Å². The number of likely N-dealkylation sites (tertiary alicyclic amines) is 1. The second-order valence-electron chi connectivity index (χ2n) is 6.12. The zero-order chi connectivity index (χ0) is 14.7. The number of nitrogens with zero attached hydrogens (tertiary/aromatic N) is 4. The van der Waals surface area contributed by atoms with Crippen molar-refractivity contribution in [3.05, 3.63) is 24.3 Å². The fourth-order valence-electron chi connectivity index (χ4n) is 3.36. The van der Waals surface area contributed by atoms with Crippen LogP contribution in [-0.4, -0.2) is 45.2 Å². The van der Waals surface area contributed by atoms with Crippen LogP contribution in [0.15, 0.2) is 18.5 Å².